The molecule has 0 spiro atoms. The third-order valence-corrected chi connectivity index (χ3v) is 5.83. The van der Waals surface area contributed by atoms with Gasteiger partial charge in [0.05, 0.1) is 11.1 Å². The summed E-state index contributed by atoms with van der Waals surface area (Å²) in [5.41, 5.74) is 3.28. The smallest absolute Gasteiger partial charge is 0.335 e. The molecule has 182 valence electrons. The van der Waals surface area contributed by atoms with Crippen molar-refractivity contribution in [3.8, 4) is 22.9 Å². The second-order valence-electron chi connectivity index (χ2n) is 9.14. The van der Waals surface area contributed by atoms with Crippen LogP contribution >= 0.6 is 0 Å². The Morgan fingerprint density at radius 3 is 2.46 bits per heavy atom. The summed E-state index contributed by atoms with van der Waals surface area (Å²) in [6.07, 6.45) is 5.80. The van der Waals surface area contributed by atoms with Gasteiger partial charge in [0.2, 0.25) is 0 Å². The molecule has 1 atom stereocenters. The summed E-state index contributed by atoms with van der Waals surface area (Å²) < 4.78 is 5.81. The molecule has 7 nitrogen and oxygen atoms in total. The number of hydrogen-bond acceptors (Lipinski definition) is 6. The van der Waals surface area contributed by atoms with Gasteiger partial charge in [0, 0.05) is 24.5 Å². The molecule has 0 unspecified atom stereocenters. The number of aromatic carboxylic acids is 1. The number of β-amino-alcohol motifs (C(OH)–C–C–N with tert-alkyl or cyclic N) is 1. The van der Waals surface area contributed by atoms with Gasteiger partial charge >= 0.3 is 5.97 Å². The van der Waals surface area contributed by atoms with Crippen molar-refractivity contribution in [2.75, 3.05) is 13.2 Å². The Labute approximate surface area is 206 Å². The monoisotopic (exact) mass is 473 g/mol. The van der Waals surface area contributed by atoms with Gasteiger partial charge in [-0.15, -0.1) is 0 Å². The molecule has 0 fully saturated rings. The Balaban J connectivity index is 1.52. The second-order valence-corrected chi connectivity index (χ2v) is 9.14. The van der Waals surface area contributed by atoms with E-state index in [1.54, 1.807) is 42.7 Å². The SMILES string of the molecule is CC(C)(CCCc1ccncc1)NC[C@@H](O)COc1cc(-c2ccc(C(=O)O)cc2)ccc1C#N. The number of carbonyl (C=O) groups is 1. The Morgan fingerprint density at radius 2 is 1.80 bits per heavy atom. The minimum Gasteiger partial charge on any atom is -0.489 e. The fourth-order valence-corrected chi connectivity index (χ4v) is 3.73. The molecule has 3 N–H and O–H groups in total. The lowest BCUT2D eigenvalue weighted by Crippen LogP contribution is -2.44. The first-order valence-corrected chi connectivity index (χ1v) is 11.6. The molecule has 3 rings (SSSR count). The van der Waals surface area contributed by atoms with Crippen LogP contribution in [0.25, 0.3) is 11.1 Å². The summed E-state index contributed by atoms with van der Waals surface area (Å²) in [6, 6.07) is 17.8. The number of aliphatic hydroxyl groups is 1. The third kappa shape index (κ3) is 7.92. The number of rotatable bonds is 12. The van der Waals surface area contributed by atoms with Crippen molar-refractivity contribution in [1.29, 1.82) is 5.26 Å². The molecule has 1 aromatic heterocycles. The van der Waals surface area contributed by atoms with Gasteiger partial charge in [-0.1, -0.05) is 18.2 Å². The Hall–Kier alpha value is -3.73. The van der Waals surface area contributed by atoms with E-state index in [9.17, 15) is 15.2 Å². The van der Waals surface area contributed by atoms with Gasteiger partial charge in [-0.05, 0) is 86.2 Å². The molecule has 0 saturated heterocycles. The van der Waals surface area contributed by atoms with E-state index in [1.165, 1.54) is 17.7 Å². The largest absolute Gasteiger partial charge is 0.489 e. The fourth-order valence-electron chi connectivity index (χ4n) is 3.73. The van der Waals surface area contributed by atoms with Gasteiger partial charge < -0.3 is 20.3 Å². The highest BCUT2D eigenvalue weighted by Crippen LogP contribution is 2.27. The quantitative estimate of drug-likeness (QED) is 0.356. The van der Waals surface area contributed by atoms with E-state index >= 15 is 0 Å². The number of carboxylic acid groups (broad SMARTS) is 1. The maximum absolute atomic E-state index is 11.1. The Bertz CT molecular complexity index is 1160. The molecule has 35 heavy (non-hydrogen) atoms. The zero-order chi connectivity index (χ0) is 25.3. The molecule has 0 amide bonds. The van der Waals surface area contributed by atoms with Crippen molar-refractivity contribution in [2.24, 2.45) is 0 Å². The summed E-state index contributed by atoms with van der Waals surface area (Å²) in [5.74, 6) is -0.608. The average molecular weight is 474 g/mol. The highest BCUT2D eigenvalue weighted by atomic mass is 16.5. The fraction of sp³-hybridized carbons (Fsp3) is 0.321. The lowest BCUT2D eigenvalue weighted by molar-refractivity contribution is 0.0697. The number of hydrogen-bond donors (Lipinski definition) is 3. The lowest BCUT2D eigenvalue weighted by atomic mass is 9.95. The van der Waals surface area contributed by atoms with Gasteiger partial charge in [0.25, 0.3) is 0 Å². The van der Waals surface area contributed by atoms with Gasteiger partial charge in [0.1, 0.15) is 24.5 Å². The van der Waals surface area contributed by atoms with Crippen LogP contribution in [-0.2, 0) is 6.42 Å². The molecule has 7 heteroatoms. The van der Waals surface area contributed by atoms with Crippen LogP contribution in [0.4, 0.5) is 0 Å². The molecule has 0 bridgehead atoms. The highest BCUT2D eigenvalue weighted by molar-refractivity contribution is 5.88. The minimum atomic E-state index is -0.986. The van der Waals surface area contributed by atoms with Crippen molar-refractivity contribution in [2.45, 2.75) is 44.8 Å². The molecule has 2 aromatic carbocycles. The van der Waals surface area contributed by atoms with E-state index in [0.717, 1.165) is 30.4 Å². The summed E-state index contributed by atoms with van der Waals surface area (Å²) in [5, 5.41) is 32.4. The van der Waals surface area contributed by atoms with Crippen LogP contribution in [-0.4, -0.2) is 46.0 Å². The van der Waals surface area contributed by atoms with Crippen LogP contribution in [0.1, 0.15) is 48.2 Å². The average Bonchev–Trinajstić information content (AvgIpc) is 2.86. The third-order valence-electron chi connectivity index (χ3n) is 5.83. The topological polar surface area (TPSA) is 115 Å². The van der Waals surface area contributed by atoms with Crippen molar-refractivity contribution in [3.63, 3.8) is 0 Å². The molecule has 3 aromatic rings. The maximum Gasteiger partial charge on any atom is 0.335 e. The molecule has 0 aliphatic heterocycles. The number of aryl methyl sites for hydroxylation is 1. The standard InChI is InChI=1S/C28H31N3O4/c1-28(2,13-3-4-20-11-14-30-15-12-20)31-18-25(32)19-35-26-16-23(9-10-24(26)17-29)21-5-7-22(8-6-21)27(33)34/h5-12,14-16,25,31-32H,3-4,13,18-19H2,1-2H3,(H,33,34)/t25-/m1/s1. The van der Waals surface area contributed by atoms with Crippen LogP contribution < -0.4 is 10.1 Å². The van der Waals surface area contributed by atoms with Crippen LogP contribution in [0.15, 0.2) is 67.0 Å². The van der Waals surface area contributed by atoms with E-state index < -0.39 is 12.1 Å². The molecule has 0 radical (unpaired) electrons. The zero-order valence-electron chi connectivity index (χ0n) is 20.1. The zero-order valence-corrected chi connectivity index (χ0v) is 20.1. The number of ether oxygens (including phenoxy) is 1. The van der Waals surface area contributed by atoms with Gasteiger partial charge in [0.15, 0.2) is 0 Å². The summed E-state index contributed by atoms with van der Waals surface area (Å²) in [7, 11) is 0. The first-order chi connectivity index (χ1) is 16.8. The van der Waals surface area contributed by atoms with Crippen LogP contribution in [0.3, 0.4) is 0 Å². The van der Waals surface area contributed by atoms with Crippen molar-refractivity contribution < 1.29 is 19.7 Å². The van der Waals surface area contributed by atoms with E-state index in [2.05, 4.69) is 30.2 Å². The van der Waals surface area contributed by atoms with E-state index in [1.807, 2.05) is 12.1 Å². The molecule has 1 heterocycles. The van der Waals surface area contributed by atoms with Crippen LogP contribution in [0.2, 0.25) is 0 Å². The Kier molecular flexibility index (Phi) is 8.96. The van der Waals surface area contributed by atoms with E-state index in [-0.39, 0.29) is 17.7 Å². The maximum atomic E-state index is 11.1. The molecular weight excluding hydrogens is 442 g/mol. The van der Waals surface area contributed by atoms with Crippen LogP contribution in [0.5, 0.6) is 5.75 Å². The number of pyridine rings is 1. The lowest BCUT2D eigenvalue weighted by Gasteiger charge is -2.28. The number of aromatic nitrogens is 1. The normalized spacial score (nSPS) is 12.1. The predicted molar refractivity (Wildman–Crippen MR) is 134 cm³/mol. The first kappa shape index (κ1) is 25.9. The van der Waals surface area contributed by atoms with Crippen molar-refractivity contribution >= 4 is 5.97 Å². The van der Waals surface area contributed by atoms with Gasteiger partial charge in [-0.2, -0.15) is 5.26 Å². The predicted octanol–water partition coefficient (Wildman–Crippen LogP) is 4.45. The minimum absolute atomic E-state index is 0.0379. The van der Waals surface area contributed by atoms with Crippen LogP contribution in [0, 0.1) is 11.3 Å². The highest BCUT2D eigenvalue weighted by Gasteiger charge is 2.19. The first-order valence-electron chi connectivity index (χ1n) is 11.6. The Morgan fingerprint density at radius 1 is 1.11 bits per heavy atom. The summed E-state index contributed by atoms with van der Waals surface area (Å²) in [6.45, 7) is 4.62. The summed E-state index contributed by atoms with van der Waals surface area (Å²) in [4.78, 5) is 15.1. The number of benzene rings is 2. The van der Waals surface area contributed by atoms with Gasteiger partial charge in [-0.25, -0.2) is 4.79 Å². The van der Waals surface area contributed by atoms with Gasteiger partial charge in [-0.3, -0.25) is 4.98 Å². The van der Waals surface area contributed by atoms with E-state index in [4.69, 9.17) is 9.84 Å². The molecular formula is C28H31N3O4. The number of nitriles is 1. The molecule has 0 saturated carbocycles. The molecule has 0 aliphatic rings. The number of nitrogens with one attached hydrogen (secondary N) is 1. The number of aliphatic hydroxyl groups excluding tert-OH is 1. The molecule has 0 aliphatic carbocycles. The van der Waals surface area contributed by atoms with Crippen molar-refractivity contribution in [1.82, 2.24) is 10.3 Å². The van der Waals surface area contributed by atoms with E-state index in [0.29, 0.717) is 17.9 Å². The number of carboxylic acids is 1. The second kappa shape index (κ2) is 12.1. The number of nitrogens with zero attached hydrogens (tertiary/aromatic N) is 2. The van der Waals surface area contributed by atoms with Crippen molar-refractivity contribution in [3.05, 3.63) is 83.7 Å². The summed E-state index contributed by atoms with van der Waals surface area (Å²) >= 11 is 0.